The van der Waals surface area contributed by atoms with Crippen LogP contribution in [0.2, 0.25) is 0 Å². The number of ether oxygens (including phenoxy) is 1. The summed E-state index contributed by atoms with van der Waals surface area (Å²) in [6, 6.07) is 5.78. The van der Waals surface area contributed by atoms with Gasteiger partial charge in [0.05, 0.1) is 12.7 Å². The topological polar surface area (TPSA) is 73.9 Å². The number of rotatable bonds is 2. The molecule has 1 aromatic rings. The SMILES string of the molecule is Cl.NC[C@H]1OB2OC(CO)COc3cccc1c32. The summed E-state index contributed by atoms with van der Waals surface area (Å²) in [4.78, 5) is 0. The van der Waals surface area contributed by atoms with Crippen LogP contribution in [0, 0.1) is 0 Å². The fourth-order valence-electron chi connectivity index (χ4n) is 2.29. The molecule has 0 bridgehead atoms. The van der Waals surface area contributed by atoms with Crippen molar-refractivity contribution in [3.63, 3.8) is 0 Å². The molecule has 5 nitrogen and oxygen atoms in total. The summed E-state index contributed by atoms with van der Waals surface area (Å²) in [6.07, 6.45) is -0.521. The molecular formula is C11H15BClNO4. The lowest BCUT2D eigenvalue weighted by molar-refractivity contribution is 0.0498. The second-order valence-electron chi connectivity index (χ2n) is 4.20. The minimum Gasteiger partial charge on any atom is -0.491 e. The summed E-state index contributed by atoms with van der Waals surface area (Å²) in [7, 11) is -0.477. The van der Waals surface area contributed by atoms with E-state index >= 15 is 0 Å². The van der Waals surface area contributed by atoms with Gasteiger partial charge in [0.2, 0.25) is 0 Å². The highest BCUT2D eigenvalue weighted by atomic mass is 35.5. The van der Waals surface area contributed by atoms with E-state index in [2.05, 4.69) is 0 Å². The van der Waals surface area contributed by atoms with Crippen molar-refractivity contribution in [2.24, 2.45) is 5.73 Å². The van der Waals surface area contributed by atoms with Gasteiger partial charge in [0, 0.05) is 12.0 Å². The van der Waals surface area contributed by atoms with E-state index < -0.39 is 7.12 Å². The Labute approximate surface area is 112 Å². The van der Waals surface area contributed by atoms with Crippen molar-refractivity contribution < 1.29 is 19.2 Å². The minimum absolute atomic E-state index is 0. The molecule has 0 radical (unpaired) electrons. The van der Waals surface area contributed by atoms with Crippen LogP contribution in [0.25, 0.3) is 0 Å². The number of hydrogen-bond donors (Lipinski definition) is 2. The summed E-state index contributed by atoms with van der Waals surface area (Å²) in [5.74, 6) is 0.763. The number of nitrogens with two attached hydrogens (primary N) is 1. The van der Waals surface area contributed by atoms with Crippen LogP contribution in [-0.4, -0.2) is 38.1 Å². The molecule has 3 rings (SSSR count). The molecule has 0 amide bonds. The van der Waals surface area contributed by atoms with Crippen molar-refractivity contribution in [1.29, 1.82) is 0 Å². The van der Waals surface area contributed by atoms with Gasteiger partial charge in [0.1, 0.15) is 18.5 Å². The lowest BCUT2D eigenvalue weighted by atomic mass is 9.77. The van der Waals surface area contributed by atoms with Crippen LogP contribution in [0.1, 0.15) is 11.7 Å². The molecule has 0 fully saturated rings. The van der Waals surface area contributed by atoms with Crippen molar-refractivity contribution in [2.45, 2.75) is 12.2 Å². The normalized spacial score (nSPS) is 24.9. The smallest absolute Gasteiger partial charge is 0.491 e. The highest BCUT2D eigenvalue weighted by molar-refractivity contribution is 6.64. The zero-order chi connectivity index (χ0) is 11.8. The molecule has 0 saturated heterocycles. The molecule has 0 saturated carbocycles. The quantitative estimate of drug-likeness (QED) is 0.716. The first-order valence-electron chi connectivity index (χ1n) is 5.71. The zero-order valence-electron chi connectivity index (χ0n) is 9.74. The summed E-state index contributed by atoms with van der Waals surface area (Å²) in [5, 5.41) is 9.16. The van der Waals surface area contributed by atoms with E-state index in [1.165, 1.54) is 0 Å². The monoisotopic (exact) mass is 271 g/mol. The molecule has 3 N–H and O–H groups in total. The predicted octanol–water partition coefficient (Wildman–Crippen LogP) is -0.397. The Hall–Kier alpha value is -0.785. The van der Waals surface area contributed by atoms with Crippen molar-refractivity contribution in [3.05, 3.63) is 23.8 Å². The highest BCUT2D eigenvalue weighted by Crippen LogP contribution is 2.30. The van der Waals surface area contributed by atoms with E-state index in [0.29, 0.717) is 13.2 Å². The Bertz CT molecular complexity index is 434. The van der Waals surface area contributed by atoms with Crippen LogP contribution < -0.4 is 15.9 Å². The Balaban J connectivity index is 0.00000120. The summed E-state index contributed by atoms with van der Waals surface area (Å²) in [6.45, 7) is 0.649. The molecule has 0 aromatic heterocycles. The van der Waals surface area contributed by atoms with Crippen LogP contribution in [0.15, 0.2) is 18.2 Å². The van der Waals surface area contributed by atoms with Gasteiger partial charge in [-0.2, -0.15) is 0 Å². The van der Waals surface area contributed by atoms with E-state index in [1.54, 1.807) is 0 Å². The van der Waals surface area contributed by atoms with Gasteiger partial charge in [0.25, 0.3) is 0 Å². The predicted molar refractivity (Wildman–Crippen MR) is 69.4 cm³/mol. The first-order chi connectivity index (χ1) is 8.33. The van der Waals surface area contributed by atoms with Crippen molar-refractivity contribution in [2.75, 3.05) is 19.8 Å². The lowest BCUT2D eigenvalue weighted by Crippen LogP contribution is -2.36. The maximum atomic E-state index is 9.16. The second kappa shape index (κ2) is 5.46. The van der Waals surface area contributed by atoms with E-state index in [4.69, 9.17) is 24.9 Å². The van der Waals surface area contributed by atoms with Crippen molar-refractivity contribution in [3.8, 4) is 5.75 Å². The standard InChI is InChI=1S/C11H14BNO4.ClH/c13-4-10-8-2-1-3-9-11(8)12(17-10)16-7(5-14)6-15-9;/h1-3,7,10,14H,4-6,13H2;1H/t7?,10-;/m1./s1. The number of hydrogen-bond acceptors (Lipinski definition) is 5. The molecular weight excluding hydrogens is 256 g/mol. The van der Waals surface area contributed by atoms with Crippen LogP contribution in [-0.2, 0) is 9.31 Å². The van der Waals surface area contributed by atoms with Gasteiger partial charge >= 0.3 is 7.12 Å². The van der Waals surface area contributed by atoms with Crippen LogP contribution >= 0.6 is 12.4 Å². The van der Waals surface area contributed by atoms with Crippen LogP contribution in [0.5, 0.6) is 5.75 Å². The number of benzene rings is 1. The van der Waals surface area contributed by atoms with Crippen molar-refractivity contribution >= 4 is 25.0 Å². The molecule has 98 valence electrons. The first-order valence-corrected chi connectivity index (χ1v) is 5.71. The molecule has 2 heterocycles. The van der Waals surface area contributed by atoms with Gasteiger partial charge in [-0.05, 0) is 11.6 Å². The van der Waals surface area contributed by atoms with Gasteiger partial charge in [-0.3, -0.25) is 0 Å². The van der Waals surface area contributed by atoms with Gasteiger partial charge in [-0.25, -0.2) is 0 Å². The largest absolute Gasteiger partial charge is 0.498 e. The van der Waals surface area contributed by atoms with Gasteiger partial charge in [0.15, 0.2) is 0 Å². The zero-order valence-corrected chi connectivity index (χ0v) is 10.6. The second-order valence-corrected chi connectivity index (χ2v) is 4.20. The summed E-state index contributed by atoms with van der Waals surface area (Å²) < 4.78 is 17.0. The molecule has 2 aliphatic rings. The average molecular weight is 272 g/mol. The fraction of sp³-hybridized carbons (Fsp3) is 0.455. The van der Waals surface area contributed by atoms with Crippen molar-refractivity contribution in [1.82, 2.24) is 0 Å². The van der Waals surface area contributed by atoms with E-state index in [1.807, 2.05) is 18.2 Å². The highest BCUT2D eigenvalue weighted by Gasteiger charge is 2.42. The third kappa shape index (κ3) is 2.11. The minimum atomic E-state index is -0.477. The third-order valence-corrected chi connectivity index (χ3v) is 3.13. The Kier molecular flexibility index (Phi) is 4.14. The Morgan fingerprint density at radius 2 is 2.22 bits per heavy atom. The fourth-order valence-corrected chi connectivity index (χ4v) is 2.29. The van der Waals surface area contributed by atoms with E-state index in [-0.39, 0.29) is 31.2 Å². The summed E-state index contributed by atoms with van der Waals surface area (Å²) in [5.41, 5.74) is 7.61. The van der Waals surface area contributed by atoms with Crippen LogP contribution in [0.4, 0.5) is 0 Å². The molecule has 0 aliphatic carbocycles. The maximum Gasteiger partial charge on any atom is 0.498 e. The van der Waals surface area contributed by atoms with Gasteiger partial charge in [-0.15, -0.1) is 12.4 Å². The molecule has 7 heteroatoms. The summed E-state index contributed by atoms with van der Waals surface area (Å²) >= 11 is 0. The van der Waals surface area contributed by atoms with Crippen LogP contribution in [0.3, 0.4) is 0 Å². The molecule has 1 aromatic carbocycles. The molecule has 2 atom stereocenters. The first kappa shape index (κ1) is 13.6. The lowest BCUT2D eigenvalue weighted by Gasteiger charge is -2.16. The van der Waals surface area contributed by atoms with Gasteiger partial charge < -0.3 is 24.9 Å². The molecule has 0 spiro atoms. The maximum absolute atomic E-state index is 9.16. The Morgan fingerprint density at radius 3 is 2.94 bits per heavy atom. The molecule has 2 aliphatic heterocycles. The molecule has 18 heavy (non-hydrogen) atoms. The molecule has 1 unspecified atom stereocenters. The number of aliphatic hydroxyl groups is 1. The average Bonchev–Trinajstić information content (AvgIpc) is 2.61. The Morgan fingerprint density at radius 1 is 1.39 bits per heavy atom. The van der Waals surface area contributed by atoms with E-state index in [9.17, 15) is 0 Å². The van der Waals surface area contributed by atoms with Gasteiger partial charge in [-0.1, -0.05) is 12.1 Å². The van der Waals surface area contributed by atoms with E-state index in [0.717, 1.165) is 16.8 Å². The number of aliphatic hydroxyl groups excluding tert-OH is 1. The third-order valence-electron chi connectivity index (χ3n) is 3.13. The number of halogens is 1.